The monoisotopic (exact) mass is 473 g/mol. The van der Waals surface area contributed by atoms with Gasteiger partial charge in [-0.05, 0) is 74.3 Å². The average Bonchev–Trinajstić information content (AvgIpc) is 3.12. The zero-order chi connectivity index (χ0) is 19.9. The quantitative estimate of drug-likeness (QED) is 0.433. The topological polar surface area (TPSA) is 54.9 Å². The molecule has 2 aromatic heterocycles. The number of halogens is 1. The second-order valence-corrected chi connectivity index (χ2v) is 12.2. The van der Waals surface area contributed by atoms with E-state index in [4.69, 9.17) is 4.98 Å². The molecule has 0 spiro atoms. The fraction of sp³-hybridized carbons (Fsp3) is 0.609. The first-order chi connectivity index (χ1) is 14.0. The van der Waals surface area contributed by atoms with Crippen LogP contribution < -0.4 is 5.32 Å². The van der Waals surface area contributed by atoms with Crippen LogP contribution >= 0.6 is 27.3 Å². The molecule has 0 saturated heterocycles. The number of thiazole rings is 1. The highest BCUT2D eigenvalue weighted by atomic mass is 79.9. The number of nitrogens with zero attached hydrogens (tertiary/aromatic N) is 2. The third-order valence-corrected chi connectivity index (χ3v) is 8.90. The molecule has 4 aliphatic rings. The van der Waals surface area contributed by atoms with Crippen molar-refractivity contribution >= 4 is 33.2 Å². The predicted octanol–water partition coefficient (Wildman–Crippen LogP) is 5.38. The summed E-state index contributed by atoms with van der Waals surface area (Å²) in [5.41, 5.74) is 2.38. The van der Waals surface area contributed by atoms with Crippen LogP contribution in [-0.2, 0) is 11.2 Å². The van der Waals surface area contributed by atoms with E-state index in [1.165, 1.54) is 38.5 Å². The van der Waals surface area contributed by atoms with Gasteiger partial charge in [0.1, 0.15) is 0 Å². The molecule has 29 heavy (non-hydrogen) atoms. The molecule has 6 rings (SSSR count). The second-order valence-electron chi connectivity index (χ2n) is 9.60. The Kier molecular flexibility index (Phi) is 5.27. The SMILES string of the molecule is O=C(CC12CC3CC(CC(Br)(C3)C1)C2)NCCCc1nc(-c2ccncc2)cs1. The maximum atomic E-state index is 12.7. The average molecular weight is 474 g/mol. The van der Waals surface area contributed by atoms with E-state index in [-0.39, 0.29) is 11.3 Å². The van der Waals surface area contributed by atoms with Crippen molar-refractivity contribution in [3.63, 3.8) is 0 Å². The number of aryl methyl sites for hydroxylation is 1. The Hall–Kier alpha value is -1.27. The van der Waals surface area contributed by atoms with Gasteiger partial charge in [0, 0.05) is 47.0 Å². The first kappa shape index (κ1) is 19.7. The zero-order valence-corrected chi connectivity index (χ0v) is 19.1. The number of rotatable bonds is 7. The van der Waals surface area contributed by atoms with Crippen LogP contribution in [0.4, 0.5) is 0 Å². The number of nitrogens with one attached hydrogen (secondary N) is 1. The van der Waals surface area contributed by atoms with E-state index in [9.17, 15) is 4.79 Å². The van der Waals surface area contributed by atoms with Crippen LogP contribution in [0.15, 0.2) is 29.9 Å². The van der Waals surface area contributed by atoms with Gasteiger partial charge < -0.3 is 5.32 Å². The number of amides is 1. The Balaban J connectivity index is 1.09. The molecule has 2 unspecified atom stereocenters. The van der Waals surface area contributed by atoms with Crippen LogP contribution in [0.3, 0.4) is 0 Å². The number of carbonyl (C=O) groups excluding carboxylic acids is 1. The van der Waals surface area contributed by atoms with Gasteiger partial charge in [0.2, 0.25) is 5.91 Å². The Morgan fingerprint density at radius 3 is 2.69 bits per heavy atom. The van der Waals surface area contributed by atoms with Gasteiger partial charge in [0.25, 0.3) is 0 Å². The lowest BCUT2D eigenvalue weighted by Gasteiger charge is -2.60. The number of pyridine rings is 1. The van der Waals surface area contributed by atoms with Crippen LogP contribution in [0, 0.1) is 17.3 Å². The molecule has 4 nitrogen and oxygen atoms in total. The number of carbonyl (C=O) groups is 1. The van der Waals surface area contributed by atoms with Gasteiger partial charge in [-0.2, -0.15) is 0 Å². The molecule has 2 atom stereocenters. The van der Waals surface area contributed by atoms with Gasteiger partial charge >= 0.3 is 0 Å². The number of hydrogen-bond acceptors (Lipinski definition) is 4. The summed E-state index contributed by atoms with van der Waals surface area (Å²) < 4.78 is 0.328. The molecular weight excluding hydrogens is 446 g/mol. The van der Waals surface area contributed by atoms with Crippen LogP contribution in [-0.4, -0.2) is 26.7 Å². The molecule has 1 N–H and O–H groups in total. The smallest absolute Gasteiger partial charge is 0.220 e. The lowest BCUT2D eigenvalue weighted by Crippen LogP contribution is -2.54. The maximum absolute atomic E-state index is 12.7. The van der Waals surface area contributed by atoms with E-state index in [0.717, 1.165) is 53.9 Å². The summed E-state index contributed by atoms with van der Waals surface area (Å²) in [6, 6.07) is 3.97. The van der Waals surface area contributed by atoms with Gasteiger partial charge in [0.15, 0.2) is 0 Å². The van der Waals surface area contributed by atoms with E-state index in [2.05, 4.69) is 31.6 Å². The standard InChI is InChI=1S/C23H28BrN3OS/c24-23-11-16-8-17(12-23)10-22(9-16,15-23)13-20(28)26-5-1-2-21-27-19(14-29-21)18-3-6-25-7-4-18/h3-4,6-7,14,16-17H,1-2,5,8-13,15H2,(H,26,28). The Labute approximate surface area is 185 Å². The molecule has 2 aromatic rings. The van der Waals surface area contributed by atoms with Crippen LogP contribution in [0.5, 0.6) is 0 Å². The van der Waals surface area contributed by atoms with E-state index in [1.54, 1.807) is 23.7 Å². The normalized spacial score (nSPS) is 32.4. The molecule has 6 heteroatoms. The lowest BCUT2D eigenvalue weighted by molar-refractivity contribution is -0.128. The molecule has 0 radical (unpaired) electrons. The summed E-state index contributed by atoms with van der Waals surface area (Å²) >= 11 is 5.75. The number of hydrogen-bond donors (Lipinski definition) is 1. The Morgan fingerprint density at radius 1 is 1.21 bits per heavy atom. The van der Waals surface area contributed by atoms with Crippen LogP contribution in [0.25, 0.3) is 11.3 Å². The van der Waals surface area contributed by atoms with Gasteiger partial charge in [-0.15, -0.1) is 11.3 Å². The fourth-order valence-electron chi connectivity index (χ4n) is 6.49. The summed E-state index contributed by atoms with van der Waals surface area (Å²) in [6.45, 7) is 0.741. The molecule has 2 heterocycles. The highest BCUT2D eigenvalue weighted by Crippen LogP contribution is 2.65. The van der Waals surface area contributed by atoms with E-state index in [1.807, 2.05) is 12.1 Å². The first-order valence-electron chi connectivity index (χ1n) is 10.8. The highest BCUT2D eigenvalue weighted by molar-refractivity contribution is 9.10. The first-order valence-corrected chi connectivity index (χ1v) is 12.5. The summed E-state index contributed by atoms with van der Waals surface area (Å²) in [5.74, 6) is 1.92. The summed E-state index contributed by atoms with van der Waals surface area (Å²) in [5, 5.41) is 6.43. The zero-order valence-electron chi connectivity index (χ0n) is 16.7. The van der Waals surface area contributed by atoms with E-state index < -0.39 is 0 Å². The summed E-state index contributed by atoms with van der Waals surface area (Å²) in [7, 11) is 0. The van der Waals surface area contributed by atoms with Crippen molar-refractivity contribution in [3.8, 4) is 11.3 Å². The second kappa shape index (κ2) is 7.77. The fourth-order valence-corrected chi connectivity index (χ4v) is 8.85. The summed E-state index contributed by atoms with van der Waals surface area (Å²) in [6.07, 6.45) is 13.9. The molecule has 4 aliphatic carbocycles. The van der Waals surface area contributed by atoms with E-state index >= 15 is 0 Å². The third kappa shape index (κ3) is 4.29. The minimum absolute atomic E-state index is 0.250. The third-order valence-electron chi connectivity index (χ3n) is 7.06. The number of aromatic nitrogens is 2. The minimum atomic E-state index is 0.250. The van der Waals surface area contributed by atoms with Gasteiger partial charge in [-0.3, -0.25) is 9.78 Å². The van der Waals surface area contributed by atoms with Crippen molar-refractivity contribution in [2.45, 2.75) is 62.1 Å². The van der Waals surface area contributed by atoms with Crippen molar-refractivity contribution in [2.24, 2.45) is 17.3 Å². The molecule has 0 aromatic carbocycles. The van der Waals surface area contributed by atoms with Crippen molar-refractivity contribution in [1.82, 2.24) is 15.3 Å². The molecule has 154 valence electrons. The predicted molar refractivity (Wildman–Crippen MR) is 120 cm³/mol. The number of alkyl halides is 1. The highest BCUT2D eigenvalue weighted by Gasteiger charge is 2.57. The van der Waals surface area contributed by atoms with Gasteiger partial charge in [-0.1, -0.05) is 15.9 Å². The molecule has 0 aliphatic heterocycles. The summed E-state index contributed by atoms with van der Waals surface area (Å²) in [4.78, 5) is 21.5. The minimum Gasteiger partial charge on any atom is -0.356 e. The van der Waals surface area contributed by atoms with Crippen LogP contribution in [0.2, 0.25) is 0 Å². The largest absolute Gasteiger partial charge is 0.356 e. The molecule has 4 fully saturated rings. The Morgan fingerprint density at radius 2 is 1.97 bits per heavy atom. The van der Waals surface area contributed by atoms with Crippen molar-refractivity contribution in [3.05, 3.63) is 34.9 Å². The van der Waals surface area contributed by atoms with Gasteiger partial charge in [0.05, 0.1) is 10.7 Å². The van der Waals surface area contributed by atoms with E-state index in [0.29, 0.717) is 4.32 Å². The maximum Gasteiger partial charge on any atom is 0.220 e. The van der Waals surface area contributed by atoms with Crippen LogP contribution in [0.1, 0.15) is 56.4 Å². The van der Waals surface area contributed by atoms with Crippen molar-refractivity contribution < 1.29 is 4.79 Å². The molecule has 1 amide bonds. The van der Waals surface area contributed by atoms with Crippen molar-refractivity contribution in [2.75, 3.05) is 6.54 Å². The Bertz CT molecular complexity index is 869. The van der Waals surface area contributed by atoms with Gasteiger partial charge in [-0.25, -0.2) is 4.98 Å². The molecule has 4 saturated carbocycles. The van der Waals surface area contributed by atoms with Crippen molar-refractivity contribution in [1.29, 1.82) is 0 Å². The molecule has 4 bridgehead atoms. The molecular formula is C23H28BrN3OS. The lowest BCUT2D eigenvalue weighted by atomic mass is 9.48.